The number of Topliss-reactive ketones (excluding diaryl/α,β-unsaturated/α-hetero) is 1. The molecule has 3 fully saturated rings. The number of carbonyl (C=O) groups excluding carboxylic acids is 9. The SMILES string of the molecule is COc1ccc(C[C@H]2C(=O)O[C@H](C)[C@H](NC(=O)C(CC(C)C)N(C)C(=O)C3CCCN3)C(=O)N[C@H](CC(C)C)[C@@H](O)CC(=O)O[C@@H](C(C)C)C(=O)[C@H](C)C(=O)N[C@@H](CC(C)C)C(=O)N3CCCC3C(=O)N2C)cc1. The highest BCUT2D eigenvalue weighted by atomic mass is 16.6. The van der Waals surface area contributed by atoms with Crippen LogP contribution in [0, 0.1) is 29.6 Å². The largest absolute Gasteiger partial charge is 0.497 e. The summed E-state index contributed by atoms with van der Waals surface area (Å²) in [5.41, 5.74) is 0.604. The number of amides is 6. The van der Waals surface area contributed by atoms with Crippen LogP contribution in [0.1, 0.15) is 126 Å². The quantitative estimate of drug-likeness (QED) is 0.133. The molecule has 3 saturated heterocycles. The Morgan fingerprint density at radius 3 is 2.07 bits per heavy atom. The highest BCUT2D eigenvalue weighted by Gasteiger charge is 2.45. The Balaban J connectivity index is 1.87. The van der Waals surface area contributed by atoms with Crippen molar-refractivity contribution in [3.05, 3.63) is 29.8 Å². The normalized spacial score (nSPS) is 27.9. The summed E-state index contributed by atoms with van der Waals surface area (Å²) in [7, 11) is 4.46. The molecule has 4 rings (SSSR count). The average Bonchev–Trinajstić information content (AvgIpc) is 4.07. The smallest absolute Gasteiger partial charge is 0.329 e. The number of methoxy groups -OCH3 is 1. The second-order valence-electron chi connectivity index (χ2n) is 22.1. The first-order valence-electron chi connectivity index (χ1n) is 26.5. The van der Waals surface area contributed by atoms with Crippen molar-refractivity contribution in [3.8, 4) is 5.75 Å². The lowest BCUT2D eigenvalue weighted by atomic mass is 9.92. The first-order chi connectivity index (χ1) is 34.7. The number of aliphatic hydroxyl groups is 1. The van der Waals surface area contributed by atoms with Gasteiger partial charge in [0.05, 0.1) is 37.6 Å². The maximum absolute atomic E-state index is 14.9. The number of ketones is 1. The van der Waals surface area contributed by atoms with E-state index >= 15 is 0 Å². The van der Waals surface area contributed by atoms with Gasteiger partial charge < -0.3 is 55.3 Å². The van der Waals surface area contributed by atoms with Gasteiger partial charge in [0.25, 0.3) is 0 Å². The molecular formula is C54H85N7O13. The van der Waals surface area contributed by atoms with E-state index < -0.39 is 126 Å². The number of hydrogen-bond donors (Lipinski definition) is 5. The van der Waals surface area contributed by atoms with Crippen molar-refractivity contribution in [2.45, 2.75) is 188 Å². The summed E-state index contributed by atoms with van der Waals surface area (Å²) in [6.45, 7) is 18.0. The molecule has 0 saturated carbocycles. The van der Waals surface area contributed by atoms with Crippen molar-refractivity contribution in [2.75, 3.05) is 34.3 Å². The molecule has 0 bridgehead atoms. The Morgan fingerprint density at radius 1 is 0.851 bits per heavy atom. The molecule has 0 aromatic heterocycles. The van der Waals surface area contributed by atoms with Gasteiger partial charge in [-0.1, -0.05) is 67.5 Å². The van der Waals surface area contributed by atoms with Gasteiger partial charge in [0.1, 0.15) is 42.1 Å². The topological polar surface area (TPSA) is 259 Å². The van der Waals surface area contributed by atoms with Crippen LogP contribution in [0.4, 0.5) is 0 Å². The molecular weight excluding hydrogens is 955 g/mol. The average molecular weight is 1040 g/mol. The number of rotatable bonds is 14. The van der Waals surface area contributed by atoms with Crippen LogP contribution in [0.25, 0.3) is 0 Å². The molecule has 20 heteroatoms. The van der Waals surface area contributed by atoms with Crippen molar-refractivity contribution in [1.82, 2.24) is 36.0 Å². The van der Waals surface area contributed by atoms with Gasteiger partial charge in [-0.2, -0.15) is 0 Å². The molecule has 20 nitrogen and oxygen atoms in total. The number of carbonyl (C=O) groups is 9. The molecule has 0 radical (unpaired) electrons. The van der Waals surface area contributed by atoms with Gasteiger partial charge in [-0.25, -0.2) is 4.79 Å². The zero-order chi connectivity index (χ0) is 55.3. The summed E-state index contributed by atoms with van der Waals surface area (Å²) >= 11 is 0. The zero-order valence-electron chi connectivity index (χ0n) is 45.9. The Labute approximate surface area is 437 Å². The van der Waals surface area contributed by atoms with Gasteiger partial charge in [-0.3, -0.25) is 38.4 Å². The Hall–Kier alpha value is -5.63. The predicted molar refractivity (Wildman–Crippen MR) is 275 cm³/mol. The molecule has 3 unspecified atom stereocenters. The monoisotopic (exact) mass is 1040 g/mol. The highest BCUT2D eigenvalue weighted by molar-refractivity contribution is 6.05. The second kappa shape index (κ2) is 27.8. The molecule has 0 spiro atoms. The van der Waals surface area contributed by atoms with Crippen molar-refractivity contribution in [3.63, 3.8) is 0 Å². The van der Waals surface area contributed by atoms with Crippen LogP contribution in [0.5, 0.6) is 5.75 Å². The van der Waals surface area contributed by atoms with Crippen LogP contribution in [-0.2, 0) is 59.0 Å². The third-order valence-electron chi connectivity index (χ3n) is 14.2. The first-order valence-corrected chi connectivity index (χ1v) is 26.5. The molecule has 1 aromatic carbocycles. The number of ether oxygens (including phenoxy) is 3. The van der Waals surface area contributed by atoms with Crippen LogP contribution in [0.3, 0.4) is 0 Å². The first kappa shape index (κ1) is 60.9. The molecule has 74 heavy (non-hydrogen) atoms. The van der Waals surface area contributed by atoms with Gasteiger partial charge in [0.2, 0.25) is 35.4 Å². The fraction of sp³-hybridized carbons (Fsp3) is 0.722. The Morgan fingerprint density at radius 2 is 1.50 bits per heavy atom. The molecule has 414 valence electrons. The maximum Gasteiger partial charge on any atom is 0.329 e. The number of benzene rings is 1. The lowest BCUT2D eigenvalue weighted by Crippen LogP contribution is -2.61. The van der Waals surface area contributed by atoms with Crippen molar-refractivity contribution < 1.29 is 62.5 Å². The number of cyclic esters (lactones) is 2. The van der Waals surface area contributed by atoms with E-state index in [1.54, 1.807) is 38.1 Å². The predicted octanol–water partition coefficient (Wildman–Crippen LogP) is 2.70. The van der Waals surface area contributed by atoms with Crippen molar-refractivity contribution in [1.29, 1.82) is 0 Å². The fourth-order valence-corrected chi connectivity index (χ4v) is 9.88. The number of aliphatic hydroxyl groups excluding tert-OH is 1. The summed E-state index contributed by atoms with van der Waals surface area (Å²) in [4.78, 5) is 133. The summed E-state index contributed by atoms with van der Waals surface area (Å²) in [5, 5.41) is 23.2. The number of hydrogen-bond acceptors (Lipinski definition) is 14. The molecule has 11 atom stereocenters. The van der Waals surface area contributed by atoms with E-state index in [9.17, 15) is 48.3 Å². The number of nitrogens with one attached hydrogen (secondary N) is 4. The fourth-order valence-electron chi connectivity index (χ4n) is 9.88. The van der Waals surface area contributed by atoms with E-state index in [2.05, 4.69) is 21.3 Å². The molecule has 6 amide bonds. The molecule has 3 aliphatic rings. The minimum atomic E-state index is -1.66. The molecule has 0 aliphatic carbocycles. The maximum atomic E-state index is 14.9. The van der Waals surface area contributed by atoms with Gasteiger partial charge in [0, 0.05) is 27.1 Å². The summed E-state index contributed by atoms with van der Waals surface area (Å²) < 4.78 is 17.2. The lowest BCUT2D eigenvalue weighted by Gasteiger charge is -2.36. The van der Waals surface area contributed by atoms with Gasteiger partial charge in [-0.05, 0) is 107 Å². The molecule has 1 aromatic rings. The van der Waals surface area contributed by atoms with E-state index in [1.807, 2.05) is 41.5 Å². The number of nitrogens with zero attached hydrogens (tertiary/aromatic N) is 3. The van der Waals surface area contributed by atoms with Gasteiger partial charge in [0.15, 0.2) is 11.9 Å². The van der Waals surface area contributed by atoms with Crippen LogP contribution in [0.15, 0.2) is 24.3 Å². The Bertz CT molecular complexity index is 2130. The van der Waals surface area contributed by atoms with Crippen LogP contribution in [0.2, 0.25) is 0 Å². The summed E-state index contributed by atoms with van der Waals surface area (Å²) in [5.74, 6) is -8.37. The lowest BCUT2D eigenvalue weighted by molar-refractivity contribution is -0.163. The van der Waals surface area contributed by atoms with Gasteiger partial charge >= 0.3 is 11.9 Å². The molecule has 3 aliphatic heterocycles. The van der Waals surface area contributed by atoms with Crippen molar-refractivity contribution >= 4 is 53.2 Å². The molecule has 3 heterocycles. The van der Waals surface area contributed by atoms with Crippen LogP contribution < -0.4 is 26.0 Å². The van der Waals surface area contributed by atoms with E-state index in [0.717, 1.165) is 6.42 Å². The minimum absolute atomic E-state index is 0.0890. The van der Waals surface area contributed by atoms with E-state index in [-0.39, 0.29) is 62.3 Å². The number of likely N-dealkylation sites (N-methyl/N-ethyl adjacent to an activating group) is 2. The zero-order valence-corrected chi connectivity index (χ0v) is 45.9. The third-order valence-corrected chi connectivity index (χ3v) is 14.2. The van der Waals surface area contributed by atoms with Crippen LogP contribution in [-0.4, -0.2) is 168 Å². The molecule has 5 N–H and O–H groups in total. The third kappa shape index (κ3) is 16.4. The van der Waals surface area contributed by atoms with E-state index in [4.69, 9.17) is 14.2 Å². The Kier molecular flexibility index (Phi) is 22.9. The summed E-state index contributed by atoms with van der Waals surface area (Å²) in [6, 6.07) is -1.15. The second-order valence-corrected chi connectivity index (χ2v) is 22.1. The highest BCUT2D eigenvalue weighted by Crippen LogP contribution is 2.26. The van der Waals surface area contributed by atoms with E-state index in [1.165, 1.54) is 49.8 Å². The number of fused-ring (bicyclic) bond motifs is 1. The number of esters is 2. The summed E-state index contributed by atoms with van der Waals surface area (Å²) in [6.07, 6.45) is -2.76. The van der Waals surface area contributed by atoms with Gasteiger partial charge in [-0.15, -0.1) is 0 Å². The minimum Gasteiger partial charge on any atom is -0.497 e. The standard InChI is InChI=1S/C54H85N7O13/c1-29(2)24-38-43(62)28-44(63)74-47(32(7)8)46(64)33(9)48(65)57-39(25-30(3)4)52(69)61-23-15-17-40(61)53(70)60(12)42(27-35-18-20-36(72-13)21-19-35)54(71)73-34(10)45(50(67)56-38)58-49(66)41(26-31(5)6)59(11)51(68)37-16-14-22-55-37/h18-21,29-34,37-43,45,47,55,62H,14-17,22-28H2,1-13H3,(H,56,67)(H,57,65)(H,58,66)/t33-,34+,37?,38+,39-,40?,41?,42-,43-,45-,47-/m0/s1. The van der Waals surface area contributed by atoms with Crippen molar-refractivity contribution in [2.24, 2.45) is 29.6 Å². The van der Waals surface area contributed by atoms with E-state index in [0.29, 0.717) is 30.7 Å². The van der Waals surface area contributed by atoms with Crippen LogP contribution >= 0.6 is 0 Å².